The fourth-order valence-corrected chi connectivity index (χ4v) is 3.52. The Bertz CT molecular complexity index is 1230. The van der Waals surface area contributed by atoms with Gasteiger partial charge in [0.15, 0.2) is 17.5 Å². The molecule has 0 heterocycles. The van der Waals surface area contributed by atoms with E-state index in [1.807, 2.05) is 80.6 Å². The molecule has 0 bridgehead atoms. The molecule has 0 radical (unpaired) electrons. The van der Waals surface area contributed by atoms with Crippen molar-refractivity contribution in [3.05, 3.63) is 108 Å². The van der Waals surface area contributed by atoms with Gasteiger partial charge in [0.2, 0.25) is 5.91 Å². The number of benzene rings is 3. The van der Waals surface area contributed by atoms with Gasteiger partial charge >= 0.3 is 0 Å². The largest absolute Gasteiger partial charge is 0.378 e. The van der Waals surface area contributed by atoms with E-state index in [0.717, 1.165) is 28.9 Å². The molecule has 3 rings (SSSR count). The first-order chi connectivity index (χ1) is 17.4. The number of nitrogens with zero attached hydrogens (tertiary/aromatic N) is 1. The van der Waals surface area contributed by atoms with Gasteiger partial charge in [0.25, 0.3) is 0 Å². The Morgan fingerprint density at radius 3 is 1.81 bits per heavy atom. The number of hydrogen-bond acceptors (Lipinski definition) is 5. The Hall–Kier alpha value is -4.29. The maximum Gasteiger partial charge on any atom is 0.243 e. The molecule has 6 nitrogen and oxygen atoms in total. The van der Waals surface area contributed by atoms with Crippen molar-refractivity contribution in [2.45, 2.75) is 6.54 Å². The van der Waals surface area contributed by atoms with E-state index in [0.29, 0.717) is 5.69 Å². The molecule has 0 saturated carbocycles. The number of allylic oxidation sites excluding steroid dienone is 2. The number of carbonyl (C=O) groups excluding carboxylic acids is 3. The predicted molar refractivity (Wildman–Crippen MR) is 147 cm³/mol. The minimum Gasteiger partial charge on any atom is -0.378 e. The number of para-hydroxylation sites is 1. The maximum atomic E-state index is 13.1. The van der Waals surface area contributed by atoms with E-state index < -0.39 is 23.4 Å². The molecule has 184 valence electrons. The summed E-state index contributed by atoms with van der Waals surface area (Å²) in [6.07, 6.45) is 5.81. The number of rotatable bonds is 11. The lowest BCUT2D eigenvalue weighted by atomic mass is 9.95. The third kappa shape index (κ3) is 7.61. The number of amides is 1. The molecule has 0 aliphatic heterocycles. The highest BCUT2D eigenvalue weighted by Gasteiger charge is 2.31. The molecule has 3 aromatic carbocycles. The Kier molecular flexibility index (Phi) is 9.48. The van der Waals surface area contributed by atoms with E-state index in [4.69, 9.17) is 0 Å². The Morgan fingerprint density at radius 1 is 0.778 bits per heavy atom. The summed E-state index contributed by atoms with van der Waals surface area (Å²) in [6.45, 7) is 0.739. The topological polar surface area (TPSA) is 78.5 Å². The molecule has 1 atom stereocenters. The number of hydrogen-bond donors (Lipinski definition) is 2. The Morgan fingerprint density at radius 2 is 1.31 bits per heavy atom. The van der Waals surface area contributed by atoms with Gasteiger partial charge in [-0.15, -0.1) is 0 Å². The van der Waals surface area contributed by atoms with Gasteiger partial charge in [0.1, 0.15) is 0 Å². The van der Waals surface area contributed by atoms with Crippen LogP contribution in [0, 0.1) is 5.92 Å². The molecule has 0 aliphatic carbocycles. The van der Waals surface area contributed by atoms with Crippen LogP contribution in [0.2, 0.25) is 0 Å². The highest BCUT2D eigenvalue weighted by molar-refractivity contribution is 6.28. The molecule has 0 aliphatic rings. The van der Waals surface area contributed by atoms with Crippen LogP contribution >= 0.6 is 0 Å². The first-order valence-electron chi connectivity index (χ1n) is 11.7. The molecule has 0 aromatic heterocycles. The third-order valence-corrected chi connectivity index (χ3v) is 5.52. The van der Waals surface area contributed by atoms with E-state index in [1.54, 1.807) is 36.4 Å². The molecule has 3 aromatic rings. The standard InChI is InChI=1S/C30H31N3O3/c1-31-21-24-11-9-22(10-12-24)15-19-27(34)29(30(36)32-25-7-5-4-6-8-25)28(35)20-16-23-13-17-26(18-14-23)33(2)3/h4-20,29,31H,21H2,1-3H3,(H,32,36)/b19-15+,20-16+. The van der Waals surface area contributed by atoms with Crippen molar-refractivity contribution in [3.8, 4) is 0 Å². The summed E-state index contributed by atoms with van der Waals surface area (Å²) < 4.78 is 0. The molecule has 6 heteroatoms. The van der Waals surface area contributed by atoms with Crippen molar-refractivity contribution in [1.82, 2.24) is 5.32 Å². The van der Waals surface area contributed by atoms with Crippen molar-refractivity contribution in [2.24, 2.45) is 5.92 Å². The summed E-state index contributed by atoms with van der Waals surface area (Å²) in [7, 11) is 5.76. The number of anilines is 2. The maximum absolute atomic E-state index is 13.1. The van der Waals surface area contributed by atoms with E-state index in [9.17, 15) is 14.4 Å². The van der Waals surface area contributed by atoms with Gasteiger partial charge in [-0.25, -0.2) is 0 Å². The summed E-state index contributed by atoms with van der Waals surface area (Å²) in [5.74, 6) is -3.33. The molecular weight excluding hydrogens is 450 g/mol. The van der Waals surface area contributed by atoms with Crippen LogP contribution in [0.25, 0.3) is 12.2 Å². The van der Waals surface area contributed by atoms with Crippen LogP contribution in [0.1, 0.15) is 16.7 Å². The van der Waals surface area contributed by atoms with Gasteiger partial charge in [-0.05, 0) is 60.2 Å². The predicted octanol–water partition coefficient (Wildman–Crippen LogP) is 4.59. The van der Waals surface area contributed by atoms with E-state index in [-0.39, 0.29) is 0 Å². The van der Waals surface area contributed by atoms with Crippen molar-refractivity contribution in [3.63, 3.8) is 0 Å². The second kappa shape index (κ2) is 13.0. The number of nitrogens with one attached hydrogen (secondary N) is 2. The molecule has 36 heavy (non-hydrogen) atoms. The first-order valence-corrected chi connectivity index (χ1v) is 11.7. The van der Waals surface area contributed by atoms with Gasteiger partial charge in [-0.3, -0.25) is 14.4 Å². The summed E-state index contributed by atoms with van der Waals surface area (Å²) >= 11 is 0. The molecule has 0 fully saturated rings. The zero-order valence-electron chi connectivity index (χ0n) is 20.8. The molecule has 0 saturated heterocycles. The second-order valence-corrected chi connectivity index (χ2v) is 8.52. The summed E-state index contributed by atoms with van der Waals surface area (Å²) in [6, 6.07) is 24.0. The Labute approximate surface area is 212 Å². The van der Waals surface area contributed by atoms with Gasteiger partial charge in [-0.1, -0.05) is 66.7 Å². The lowest BCUT2D eigenvalue weighted by molar-refractivity contribution is -0.134. The molecule has 0 spiro atoms. The van der Waals surface area contributed by atoms with Crippen molar-refractivity contribution in [2.75, 3.05) is 31.4 Å². The van der Waals surface area contributed by atoms with Crippen molar-refractivity contribution >= 4 is 41.0 Å². The van der Waals surface area contributed by atoms with Crippen LogP contribution in [-0.4, -0.2) is 38.6 Å². The fraction of sp³-hybridized carbons (Fsp3) is 0.167. The van der Waals surface area contributed by atoms with Crippen LogP contribution in [-0.2, 0) is 20.9 Å². The van der Waals surface area contributed by atoms with E-state index in [1.165, 1.54) is 12.2 Å². The monoisotopic (exact) mass is 481 g/mol. The van der Waals surface area contributed by atoms with Gasteiger partial charge in [0, 0.05) is 32.0 Å². The highest BCUT2D eigenvalue weighted by atomic mass is 16.2. The normalized spacial score (nSPS) is 12.0. The highest BCUT2D eigenvalue weighted by Crippen LogP contribution is 2.16. The lowest BCUT2D eigenvalue weighted by Crippen LogP contribution is -2.34. The summed E-state index contributed by atoms with van der Waals surface area (Å²) in [5, 5.41) is 5.76. The Balaban J connectivity index is 1.80. The van der Waals surface area contributed by atoms with Crippen LogP contribution in [0.15, 0.2) is 91.0 Å². The zero-order chi connectivity index (χ0) is 25.9. The van der Waals surface area contributed by atoms with Crippen LogP contribution in [0.3, 0.4) is 0 Å². The second-order valence-electron chi connectivity index (χ2n) is 8.52. The van der Waals surface area contributed by atoms with Crippen molar-refractivity contribution < 1.29 is 14.4 Å². The fourth-order valence-electron chi connectivity index (χ4n) is 3.52. The average molecular weight is 482 g/mol. The van der Waals surface area contributed by atoms with Crippen LogP contribution < -0.4 is 15.5 Å². The minimum absolute atomic E-state index is 0.514. The van der Waals surface area contributed by atoms with Crippen LogP contribution in [0.4, 0.5) is 11.4 Å². The van der Waals surface area contributed by atoms with Crippen molar-refractivity contribution in [1.29, 1.82) is 0 Å². The van der Waals surface area contributed by atoms with Gasteiger partial charge in [0.05, 0.1) is 0 Å². The number of ketones is 2. The molecule has 2 N–H and O–H groups in total. The summed E-state index contributed by atoms with van der Waals surface area (Å²) in [5.41, 5.74) is 4.24. The van der Waals surface area contributed by atoms with E-state index >= 15 is 0 Å². The van der Waals surface area contributed by atoms with E-state index in [2.05, 4.69) is 10.6 Å². The first kappa shape index (κ1) is 26.3. The third-order valence-electron chi connectivity index (χ3n) is 5.52. The molecule has 1 amide bonds. The average Bonchev–Trinajstić information content (AvgIpc) is 2.88. The van der Waals surface area contributed by atoms with Gasteiger partial charge in [-0.2, -0.15) is 0 Å². The van der Waals surface area contributed by atoms with Gasteiger partial charge < -0.3 is 15.5 Å². The molecular formula is C30H31N3O3. The summed E-state index contributed by atoms with van der Waals surface area (Å²) in [4.78, 5) is 41.1. The van der Waals surface area contributed by atoms with Crippen LogP contribution in [0.5, 0.6) is 0 Å². The molecule has 1 unspecified atom stereocenters. The SMILES string of the molecule is CNCc1ccc(/C=C/C(=O)C(C(=O)/C=C/c2ccc(N(C)C)cc2)C(=O)Nc2ccccc2)cc1. The lowest BCUT2D eigenvalue weighted by Gasteiger charge is -2.12. The number of carbonyl (C=O) groups is 3. The minimum atomic E-state index is -1.50. The quantitative estimate of drug-likeness (QED) is 0.309. The smallest absolute Gasteiger partial charge is 0.243 e. The zero-order valence-corrected chi connectivity index (χ0v) is 20.8.